The van der Waals surface area contributed by atoms with E-state index in [-0.39, 0.29) is 57.1 Å². The van der Waals surface area contributed by atoms with Crippen molar-refractivity contribution >= 4 is 18.4 Å². The van der Waals surface area contributed by atoms with Crippen molar-refractivity contribution in [2.45, 2.75) is 34.6 Å². The molecule has 0 saturated carbocycles. The van der Waals surface area contributed by atoms with E-state index in [0.717, 1.165) is 18.4 Å². The van der Waals surface area contributed by atoms with Crippen LogP contribution in [0.5, 0.6) is 0 Å². The summed E-state index contributed by atoms with van der Waals surface area (Å²) in [5.41, 5.74) is 15.4. The fourth-order valence-electron chi connectivity index (χ4n) is 1.81. The minimum atomic E-state index is -0.613. The van der Waals surface area contributed by atoms with E-state index >= 15 is 0 Å². The van der Waals surface area contributed by atoms with E-state index in [9.17, 15) is 4.79 Å². The van der Waals surface area contributed by atoms with E-state index in [1.807, 2.05) is 59.6 Å². The van der Waals surface area contributed by atoms with Crippen molar-refractivity contribution in [2.24, 2.45) is 5.73 Å². The second-order valence-electron chi connectivity index (χ2n) is 4.39. The minimum Gasteiger partial charge on any atom is -0.857 e. The first kappa shape index (κ1) is 28.8. The molecule has 1 amide bonds. The van der Waals surface area contributed by atoms with Crippen LogP contribution in [0.2, 0.25) is 0 Å². The summed E-state index contributed by atoms with van der Waals surface area (Å²) < 4.78 is 1.64. The molecular weight excluding hydrogens is 347 g/mol. The van der Waals surface area contributed by atoms with Crippen LogP contribution in [0.1, 0.15) is 41.2 Å². The van der Waals surface area contributed by atoms with E-state index < -0.39 is 5.91 Å². The fraction of sp³-hybridized carbons (Fsp3) is 0.353. The molecule has 25 heavy (non-hydrogen) atoms. The number of aromatic nitrogens is 2. The van der Waals surface area contributed by atoms with Crippen molar-refractivity contribution in [3.63, 3.8) is 0 Å². The van der Waals surface area contributed by atoms with Crippen LogP contribution in [0.15, 0.2) is 18.2 Å². The van der Waals surface area contributed by atoms with Crippen LogP contribution in [-0.2, 0) is 4.79 Å². The molecule has 1 heterocycles. The van der Waals surface area contributed by atoms with Gasteiger partial charge < -0.3 is 21.4 Å². The second kappa shape index (κ2) is 15.2. The summed E-state index contributed by atoms with van der Waals surface area (Å²) in [5, 5.41) is 12.4. The molecule has 0 fully saturated rings. The summed E-state index contributed by atoms with van der Waals surface area (Å²) in [4.78, 5) is 19.2. The normalized spacial score (nSPS) is 8.28. The van der Waals surface area contributed by atoms with E-state index in [1.165, 1.54) is 5.56 Å². The van der Waals surface area contributed by atoms with E-state index in [2.05, 4.69) is 5.10 Å². The zero-order chi connectivity index (χ0) is 19.4. The molecule has 0 aliphatic rings. The molecule has 0 spiro atoms. The molecule has 0 radical (unpaired) electrons. The maximum atomic E-state index is 11.2. The third kappa shape index (κ3) is 7.80. The number of anilines is 1. The number of hydrogen-bond donors (Lipinski definition) is 2. The number of nitrogens with zero attached hydrogens (tertiary/aromatic N) is 2. The fourth-order valence-corrected chi connectivity index (χ4v) is 1.81. The minimum absolute atomic E-state index is 0. The molecule has 0 bridgehead atoms. The number of carbonyl (C=O) groups is 2. The predicted molar refractivity (Wildman–Crippen MR) is 95.1 cm³/mol. The molecular formula is C17H27KN4O3. The Kier molecular flexibility index (Phi) is 17.5. The summed E-state index contributed by atoms with van der Waals surface area (Å²) in [6.45, 7) is 11.9. The Labute approximate surface area is 192 Å². The van der Waals surface area contributed by atoms with Crippen molar-refractivity contribution < 1.29 is 66.1 Å². The summed E-state index contributed by atoms with van der Waals surface area (Å²) in [6, 6.07) is 5.94. The van der Waals surface area contributed by atoms with Gasteiger partial charge in [0.25, 0.3) is 5.91 Å². The zero-order valence-electron chi connectivity index (χ0n) is 16.2. The maximum absolute atomic E-state index is 11.2. The van der Waals surface area contributed by atoms with Crippen molar-refractivity contribution in [3.8, 4) is 5.69 Å². The topological polar surface area (TPSA) is 127 Å². The predicted octanol–water partition coefficient (Wildman–Crippen LogP) is -1.70. The van der Waals surface area contributed by atoms with Crippen molar-refractivity contribution in [3.05, 3.63) is 40.7 Å². The van der Waals surface area contributed by atoms with Crippen LogP contribution in [0.3, 0.4) is 0 Å². The van der Waals surface area contributed by atoms with Crippen LogP contribution < -0.4 is 68.0 Å². The standard InChI is InChI=1S/C13H16N4O.C2H6.CH3O.CH2O.K/c1-7-4-5-10(6-8(7)2)17-9(3)11(14)12(16-17)13(15)18;3*1-2;/h4-6H,14H2,1-3H3,(H2,15,18);1-2H3;1H3;1H2;/q;;-1;;+1. The van der Waals surface area contributed by atoms with Gasteiger partial charge >= 0.3 is 51.4 Å². The summed E-state index contributed by atoms with van der Waals surface area (Å²) in [6.07, 6.45) is 0. The number of benzene rings is 1. The van der Waals surface area contributed by atoms with Gasteiger partial charge in [0.15, 0.2) is 5.69 Å². The second-order valence-corrected chi connectivity index (χ2v) is 4.39. The molecule has 0 saturated heterocycles. The van der Waals surface area contributed by atoms with Crippen LogP contribution in [0.4, 0.5) is 5.69 Å². The SMILES string of the molecule is C=O.CC.C[O-].Cc1ccc(-n2nc(C(N)=O)c(N)c2C)cc1C.[K+]. The number of primary amides is 1. The van der Waals surface area contributed by atoms with Gasteiger partial charge in [-0.05, 0) is 44.0 Å². The zero-order valence-corrected chi connectivity index (χ0v) is 19.3. The Hall–Kier alpha value is -1.03. The molecule has 4 N–H and O–H groups in total. The molecule has 2 aromatic rings. The Morgan fingerprint density at radius 3 is 1.96 bits per heavy atom. The Bertz CT molecular complexity index is 658. The molecule has 0 unspecified atom stereocenters. The monoisotopic (exact) mass is 374 g/mol. The molecule has 134 valence electrons. The number of nitrogen functional groups attached to an aromatic ring is 1. The molecule has 8 heteroatoms. The van der Waals surface area contributed by atoms with Gasteiger partial charge in [-0.15, -0.1) is 0 Å². The van der Waals surface area contributed by atoms with Crippen LogP contribution >= 0.6 is 0 Å². The van der Waals surface area contributed by atoms with Gasteiger partial charge in [0.2, 0.25) is 0 Å². The van der Waals surface area contributed by atoms with E-state index in [4.69, 9.17) is 21.4 Å². The first-order chi connectivity index (χ1) is 11.4. The molecule has 7 nitrogen and oxygen atoms in total. The van der Waals surface area contributed by atoms with Gasteiger partial charge in [-0.1, -0.05) is 19.9 Å². The summed E-state index contributed by atoms with van der Waals surface area (Å²) in [5.74, 6) is -0.613. The van der Waals surface area contributed by atoms with Crippen LogP contribution in [0, 0.1) is 20.8 Å². The van der Waals surface area contributed by atoms with Gasteiger partial charge in [0.05, 0.1) is 17.1 Å². The summed E-state index contributed by atoms with van der Waals surface area (Å²) in [7, 11) is 0.750. The van der Waals surface area contributed by atoms with E-state index in [0.29, 0.717) is 11.4 Å². The number of amides is 1. The molecule has 2 rings (SSSR count). The maximum Gasteiger partial charge on any atom is 1.00 e. The Morgan fingerprint density at radius 1 is 1.12 bits per heavy atom. The summed E-state index contributed by atoms with van der Waals surface area (Å²) >= 11 is 0. The average Bonchev–Trinajstić information content (AvgIpc) is 2.91. The van der Waals surface area contributed by atoms with Crippen molar-refractivity contribution in [1.29, 1.82) is 0 Å². The number of aryl methyl sites for hydroxylation is 2. The van der Waals surface area contributed by atoms with Crippen molar-refractivity contribution in [2.75, 3.05) is 12.8 Å². The first-order valence-corrected chi connectivity index (χ1v) is 7.34. The Balaban J connectivity index is -0.000000626. The molecule has 0 aliphatic heterocycles. The van der Waals surface area contributed by atoms with E-state index in [1.54, 1.807) is 4.68 Å². The van der Waals surface area contributed by atoms with Gasteiger partial charge in [-0.2, -0.15) is 12.2 Å². The number of nitrogens with two attached hydrogens (primary N) is 2. The Morgan fingerprint density at radius 2 is 1.60 bits per heavy atom. The number of carbonyl (C=O) groups excluding carboxylic acids is 2. The van der Waals surface area contributed by atoms with Gasteiger partial charge in [0.1, 0.15) is 6.79 Å². The number of rotatable bonds is 2. The number of hydrogen-bond acceptors (Lipinski definition) is 5. The molecule has 1 aromatic carbocycles. The third-order valence-corrected chi connectivity index (χ3v) is 3.13. The van der Waals surface area contributed by atoms with Crippen LogP contribution in [-0.4, -0.2) is 29.6 Å². The van der Waals surface area contributed by atoms with Gasteiger partial charge in [-0.25, -0.2) is 4.68 Å². The van der Waals surface area contributed by atoms with Crippen molar-refractivity contribution in [1.82, 2.24) is 9.78 Å². The van der Waals surface area contributed by atoms with Crippen LogP contribution in [0.25, 0.3) is 5.69 Å². The molecule has 1 aromatic heterocycles. The third-order valence-electron chi connectivity index (χ3n) is 3.13. The average molecular weight is 375 g/mol. The quantitative estimate of drug-likeness (QED) is 0.606. The van der Waals surface area contributed by atoms with Gasteiger partial charge in [-0.3, -0.25) is 4.79 Å². The smallest absolute Gasteiger partial charge is 0.857 e. The molecule has 0 aliphatic carbocycles. The molecule has 0 atom stereocenters. The first-order valence-electron chi connectivity index (χ1n) is 7.34. The van der Waals surface area contributed by atoms with Gasteiger partial charge in [0, 0.05) is 0 Å². The largest absolute Gasteiger partial charge is 1.00 e.